The monoisotopic (exact) mass is 430 g/mol. The number of alkyl halides is 3. The lowest BCUT2D eigenvalue weighted by molar-refractivity contribution is -0.714. The molecule has 3 aromatic rings. The molecule has 0 amide bonds. The second kappa shape index (κ2) is 6.65. The fourth-order valence-corrected chi connectivity index (χ4v) is 5.45. The number of thiazole rings is 1. The maximum atomic E-state index is 13.2. The molecule has 10 heteroatoms. The van der Waals surface area contributed by atoms with Gasteiger partial charge >= 0.3 is 16.9 Å². The topological polar surface area (TPSA) is 38.8 Å². The van der Waals surface area contributed by atoms with Crippen LogP contribution in [0.4, 0.5) is 13.2 Å². The first-order chi connectivity index (χ1) is 12.8. The second-order valence-corrected chi connectivity index (χ2v) is 8.66. The summed E-state index contributed by atoms with van der Waals surface area (Å²) in [6.07, 6.45) is -1.25. The Labute approximate surface area is 165 Å². The Balaban J connectivity index is 1.88. The average molecular weight is 431 g/mol. The highest BCUT2D eigenvalue weighted by atomic mass is 35.5. The molecule has 1 atom stereocenters. The molecule has 0 radical (unpaired) electrons. The summed E-state index contributed by atoms with van der Waals surface area (Å²) >= 11 is 8.73. The standard InChI is InChI=1S/C17H12ClF3N3OS2/c1-23-7-11(9-3-2-4-10(5-9)17(19,20)21)14(25)24-12(8-26-16(23)24)13-6-22-15(18)27-13/h2-7,12H,8H2,1H3/q+1/t12-/m1/s1. The molecule has 0 saturated carbocycles. The Morgan fingerprint density at radius 2 is 2.15 bits per heavy atom. The predicted molar refractivity (Wildman–Crippen MR) is 98.3 cm³/mol. The molecule has 0 fully saturated rings. The molecule has 4 nitrogen and oxygen atoms in total. The summed E-state index contributed by atoms with van der Waals surface area (Å²) < 4.78 is 42.9. The summed E-state index contributed by atoms with van der Waals surface area (Å²) in [5, 5.41) is 0.741. The highest BCUT2D eigenvalue weighted by molar-refractivity contribution is 7.99. The Bertz CT molecular complexity index is 1090. The van der Waals surface area contributed by atoms with Crippen LogP contribution in [-0.2, 0) is 13.2 Å². The van der Waals surface area contributed by atoms with Gasteiger partial charge in [0.2, 0.25) is 0 Å². The number of benzene rings is 1. The lowest BCUT2D eigenvalue weighted by Crippen LogP contribution is -2.40. The molecule has 0 spiro atoms. The van der Waals surface area contributed by atoms with Crippen molar-refractivity contribution in [2.75, 3.05) is 5.75 Å². The van der Waals surface area contributed by atoms with Crippen molar-refractivity contribution in [1.82, 2.24) is 9.55 Å². The maximum Gasteiger partial charge on any atom is 0.416 e. The Morgan fingerprint density at radius 3 is 2.81 bits per heavy atom. The molecule has 2 aromatic heterocycles. The van der Waals surface area contributed by atoms with E-state index in [4.69, 9.17) is 11.6 Å². The van der Waals surface area contributed by atoms with Crippen molar-refractivity contribution in [2.24, 2.45) is 7.05 Å². The lowest BCUT2D eigenvalue weighted by atomic mass is 10.1. The van der Waals surface area contributed by atoms with Crippen molar-refractivity contribution in [3.05, 3.63) is 61.9 Å². The first-order valence-corrected chi connectivity index (χ1v) is 10.0. The Morgan fingerprint density at radius 1 is 1.37 bits per heavy atom. The second-order valence-electron chi connectivity index (χ2n) is 6.03. The third kappa shape index (κ3) is 3.28. The summed E-state index contributed by atoms with van der Waals surface area (Å²) in [6.45, 7) is 0. The number of nitrogens with zero attached hydrogens (tertiary/aromatic N) is 3. The molecule has 140 valence electrons. The summed E-state index contributed by atoms with van der Waals surface area (Å²) in [6, 6.07) is 4.57. The number of fused-ring (bicyclic) bond motifs is 1. The van der Waals surface area contributed by atoms with Gasteiger partial charge in [-0.25, -0.2) is 14.3 Å². The molecule has 0 N–H and O–H groups in total. The number of rotatable bonds is 2. The van der Waals surface area contributed by atoms with E-state index in [1.807, 2.05) is 0 Å². The van der Waals surface area contributed by atoms with Gasteiger partial charge in [-0.3, -0.25) is 0 Å². The van der Waals surface area contributed by atoms with Crippen LogP contribution in [-0.4, -0.2) is 15.3 Å². The van der Waals surface area contributed by atoms with Crippen molar-refractivity contribution in [2.45, 2.75) is 17.4 Å². The van der Waals surface area contributed by atoms with Crippen molar-refractivity contribution in [3.8, 4) is 11.1 Å². The number of thioether (sulfide) groups is 1. The zero-order valence-electron chi connectivity index (χ0n) is 13.8. The van der Waals surface area contributed by atoms with Gasteiger partial charge in [-0.1, -0.05) is 23.7 Å². The number of hydrogen-bond donors (Lipinski definition) is 0. The van der Waals surface area contributed by atoms with Gasteiger partial charge in [-0.2, -0.15) is 17.7 Å². The number of halogens is 4. The molecule has 0 unspecified atom stereocenters. The third-order valence-electron chi connectivity index (χ3n) is 4.29. The van der Waals surface area contributed by atoms with Crippen LogP contribution in [0.5, 0.6) is 0 Å². The van der Waals surface area contributed by atoms with E-state index in [0.717, 1.165) is 22.2 Å². The lowest BCUT2D eigenvalue weighted by Gasteiger charge is -2.10. The van der Waals surface area contributed by atoms with Crippen molar-refractivity contribution >= 4 is 34.7 Å². The van der Waals surface area contributed by atoms with Crippen LogP contribution < -0.4 is 10.1 Å². The molecule has 0 aliphatic carbocycles. The normalized spacial score (nSPS) is 16.6. The van der Waals surface area contributed by atoms with Crippen LogP contribution in [0.25, 0.3) is 11.1 Å². The molecular formula is C17H12ClF3N3OS2+. The highest BCUT2D eigenvalue weighted by Crippen LogP contribution is 2.38. The molecule has 1 aromatic carbocycles. The Hall–Kier alpha value is -1.84. The van der Waals surface area contributed by atoms with Gasteiger partial charge in [0.25, 0.3) is 0 Å². The van der Waals surface area contributed by atoms with E-state index in [-0.39, 0.29) is 22.7 Å². The predicted octanol–water partition coefficient (Wildman–Crippen LogP) is 4.16. The first kappa shape index (κ1) is 18.5. The van der Waals surface area contributed by atoms with E-state index in [9.17, 15) is 18.0 Å². The molecule has 3 heterocycles. The van der Waals surface area contributed by atoms with E-state index in [0.29, 0.717) is 10.2 Å². The molecule has 4 rings (SSSR count). The molecular weight excluding hydrogens is 419 g/mol. The summed E-state index contributed by atoms with van der Waals surface area (Å²) in [5.74, 6) is 0.633. The minimum Gasteiger partial charge on any atom is -0.241 e. The van der Waals surface area contributed by atoms with Crippen LogP contribution in [0.2, 0.25) is 4.47 Å². The minimum atomic E-state index is -4.47. The number of hydrogen-bond acceptors (Lipinski definition) is 4. The fourth-order valence-electron chi connectivity index (χ4n) is 3.05. The summed E-state index contributed by atoms with van der Waals surface area (Å²) in [4.78, 5) is 18.0. The highest BCUT2D eigenvalue weighted by Gasteiger charge is 2.37. The molecule has 0 bridgehead atoms. The van der Waals surface area contributed by atoms with Crippen LogP contribution >= 0.6 is 34.7 Å². The van der Waals surface area contributed by atoms with Crippen LogP contribution in [0.3, 0.4) is 0 Å². The number of aryl methyl sites for hydroxylation is 1. The zero-order valence-corrected chi connectivity index (χ0v) is 16.2. The summed E-state index contributed by atoms with van der Waals surface area (Å²) in [5.41, 5.74) is -0.663. The van der Waals surface area contributed by atoms with Crippen LogP contribution in [0.15, 0.2) is 46.6 Å². The quantitative estimate of drug-likeness (QED) is 0.452. The van der Waals surface area contributed by atoms with E-state index in [1.54, 1.807) is 28.6 Å². The van der Waals surface area contributed by atoms with Gasteiger partial charge in [0.15, 0.2) is 10.5 Å². The van der Waals surface area contributed by atoms with E-state index in [2.05, 4.69) is 4.98 Å². The SMILES string of the molecule is C[n+]1cc(-c2cccc(C(F)(F)F)c2)c(=O)n2c1SC[C@@H]2c1cnc(Cl)s1. The number of aromatic nitrogens is 3. The van der Waals surface area contributed by atoms with Gasteiger partial charge in [-0.05, 0) is 29.5 Å². The average Bonchev–Trinajstić information content (AvgIpc) is 3.24. The van der Waals surface area contributed by atoms with Gasteiger partial charge in [0.05, 0.1) is 23.2 Å². The molecule has 0 saturated heterocycles. The third-order valence-corrected chi connectivity index (χ3v) is 6.73. The Kier molecular flexibility index (Phi) is 4.56. The zero-order chi connectivity index (χ0) is 19.3. The van der Waals surface area contributed by atoms with Gasteiger partial charge in [0.1, 0.15) is 11.8 Å². The molecule has 1 aliphatic heterocycles. The van der Waals surface area contributed by atoms with Crippen molar-refractivity contribution < 1.29 is 17.7 Å². The largest absolute Gasteiger partial charge is 0.416 e. The van der Waals surface area contributed by atoms with Crippen LogP contribution in [0, 0.1) is 0 Å². The maximum absolute atomic E-state index is 13.2. The smallest absolute Gasteiger partial charge is 0.241 e. The van der Waals surface area contributed by atoms with Gasteiger partial charge in [0, 0.05) is 6.20 Å². The van der Waals surface area contributed by atoms with Crippen molar-refractivity contribution in [1.29, 1.82) is 0 Å². The van der Waals surface area contributed by atoms with Crippen molar-refractivity contribution in [3.63, 3.8) is 0 Å². The van der Waals surface area contributed by atoms with Gasteiger partial charge < -0.3 is 0 Å². The molecule has 27 heavy (non-hydrogen) atoms. The first-order valence-electron chi connectivity index (χ1n) is 7.82. The fraction of sp³-hybridized carbons (Fsp3) is 0.235. The summed E-state index contributed by atoms with van der Waals surface area (Å²) in [7, 11) is 1.78. The van der Waals surface area contributed by atoms with Crippen LogP contribution in [0.1, 0.15) is 16.5 Å². The molecule has 1 aliphatic rings. The van der Waals surface area contributed by atoms with Gasteiger partial charge in [-0.15, -0.1) is 11.3 Å². The van der Waals surface area contributed by atoms with E-state index < -0.39 is 11.7 Å². The minimum absolute atomic E-state index is 0.218. The van der Waals surface area contributed by atoms with E-state index >= 15 is 0 Å². The van der Waals surface area contributed by atoms with E-state index in [1.165, 1.54) is 35.2 Å².